The molecule has 0 amide bonds. The molecule has 0 saturated carbocycles. The molecule has 104 valence electrons. The third kappa shape index (κ3) is 5.30. The van der Waals surface area contributed by atoms with Crippen LogP contribution in [0.25, 0.3) is 0 Å². The van der Waals surface area contributed by atoms with E-state index in [1.165, 1.54) is 0 Å². The zero-order valence-corrected chi connectivity index (χ0v) is 12.2. The number of nitrogens with zero attached hydrogens (tertiary/aromatic N) is 1. The van der Waals surface area contributed by atoms with Gasteiger partial charge in [-0.05, 0) is 24.6 Å². The van der Waals surface area contributed by atoms with Crippen LogP contribution in [0.5, 0.6) is 0 Å². The van der Waals surface area contributed by atoms with Gasteiger partial charge >= 0.3 is 11.9 Å². The van der Waals surface area contributed by atoms with Crippen molar-refractivity contribution in [1.29, 1.82) is 0 Å². The second-order valence-electron chi connectivity index (χ2n) is 4.21. The van der Waals surface area contributed by atoms with Gasteiger partial charge in [0.25, 0.3) is 0 Å². The van der Waals surface area contributed by atoms with Gasteiger partial charge in [-0.15, -0.1) is 0 Å². The number of halogens is 1. The molecule has 1 aromatic carbocycles. The zero-order valence-electron chi connectivity index (χ0n) is 10.6. The third-order valence-corrected chi connectivity index (χ3v) is 3.57. The number of carboxylic acid groups (broad SMARTS) is 2. The Labute approximate surface area is 120 Å². The molecule has 1 aromatic rings. The molecule has 0 fully saturated rings. The Hall–Kier alpha value is -1.56. The van der Waals surface area contributed by atoms with Gasteiger partial charge in [0.15, 0.2) is 0 Å². The molecule has 6 heteroatoms. The minimum atomic E-state index is -0.897. The summed E-state index contributed by atoms with van der Waals surface area (Å²) in [6.45, 7) is 2.53. The lowest BCUT2D eigenvalue weighted by molar-refractivity contribution is -0.137. The summed E-state index contributed by atoms with van der Waals surface area (Å²) in [7, 11) is 0. The Kier molecular flexibility index (Phi) is 5.82. The van der Waals surface area contributed by atoms with Crippen LogP contribution < -0.4 is 4.90 Å². The zero-order chi connectivity index (χ0) is 14.4. The maximum Gasteiger partial charge on any atom is 0.305 e. The molecule has 0 aromatic heterocycles. The van der Waals surface area contributed by atoms with E-state index < -0.39 is 11.9 Å². The first-order valence-electron chi connectivity index (χ1n) is 5.85. The van der Waals surface area contributed by atoms with E-state index in [1.807, 2.05) is 25.1 Å². The molecule has 0 saturated heterocycles. The molecule has 0 aliphatic carbocycles. The van der Waals surface area contributed by atoms with Crippen LogP contribution in [0.1, 0.15) is 18.4 Å². The van der Waals surface area contributed by atoms with E-state index >= 15 is 0 Å². The largest absolute Gasteiger partial charge is 0.481 e. The molecule has 2 N–H and O–H groups in total. The van der Waals surface area contributed by atoms with E-state index in [2.05, 4.69) is 15.9 Å². The summed E-state index contributed by atoms with van der Waals surface area (Å²) in [6, 6.07) is 5.65. The predicted octanol–water partition coefficient (Wildman–Crippen LogP) is 2.51. The van der Waals surface area contributed by atoms with Crippen LogP contribution in [-0.4, -0.2) is 35.2 Å². The quantitative estimate of drug-likeness (QED) is 0.803. The molecule has 5 nitrogen and oxygen atoms in total. The molecule has 0 aliphatic heterocycles. The number of carboxylic acids is 2. The van der Waals surface area contributed by atoms with Gasteiger partial charge in [0, 0.05) is 23.2 Å². The van der Waals surface area contributed by atoms with Crippen molar-refractivity contribution in [2.45, 2.75) is 19.8 Å². The van der Waals surface area contributed by atoms with Gasteiger partial charge in [-0.3, -0.25) is 9.59 Å². The number of rotatable bonds is 7. The van der Waals surface area contributed by atoms with Crippen LogP contribution in [0.4, 0.5) is 5.69 Å². The summed E-state index contributed by atoms with van der Waals surface area (Å²) in [5, 5.41) is 17.5. The van der Waals surface area contributed by atoms with E-state index in [4.69, 9.17) is 10.2 Å². The molecule has 1 rings (SSSR count). The molecule has 0 atom stereocenters. The fraction of sp³-hybridized carbons (Fsp3) is 0.385. The van der Waals surface area contributed by atoms with Crippen molar-refractivity contribution < 1.29 is 19.8 Å². The van der Waals surface area contributed by atoms with Gasteiger partial charge < -0.3 is 15.1 Å². The van der Waals surface area contributed by atoms with Crippen LogP contribution >= 0.6 is 15.9 Å². The van der Waals surface area contributed by atoms with E-state index in [0.717, 1.165) is 15.7 Å². The average molecular weight is 330 g/mol. The van der Waals surface area contributed by atoms with Crippen molar-refractivity contribution in [2.24, 2.45) is 0 Å². The number of aryl methyl sites for hydroxylation is 1. The Bertz CT molecular complexity index is 458. The van der Waals surface area contributed by atoms with Gasteiger partial charge in [-0.25, -0.2) is 0 Å². The first-order valence-corrected chi connectivity index (χ1v) is 6.64. The number of hydrogen-bond donors (Lipinski definition) is 2. The van der Waals surface area contributed by atoms with Gasteiger partial charge in [0.2, 0.25) is 0 Å². The summed E-state index contributed by atoms with van der Waals surface area (Å²) in [5.41, 5.74) is 1.89. The summed E-state index contributed by atoms with van der Waals surface area (Å²) >= 11 is 3.42. The van der Waals surface area contributed by atoms with Crippen molar-refractivity contribution >= 4 is 33.6 Å². The van der Waals surface area contributed by atoms with Gasteiger partial charge in [0.1, 0.15) is 0 Å². The molecule has 0 unspecified atom stereocenters. The van der Waals surface area contributed by atoms with Crippen molar-refractivity contribution in [2.75, 3.05) is 18.0 Å². The van der Waals surface area contributed by atoms with Crippen LogP contribution in [-0.2, 0) is 9.59 Å². The van der Waals surface area contributed by atoms with Crippen molar-refractivity contribution in [3.8, 4) is 0 Å². The van der Waals surface area contributed by atoms with Crippen LogP contribution in [0, 0.1) is 6.92 Å². The summed E-state index contributed by atoms with van der Waals surface area (Å²) in [5.74, 6) is -1.79. The summed E-state index contributed by atoms with van der Waals surface area (Å²) in [6.07, 6.45) is -0.0454. The van der Waals surface area contributed by atoms with Crippen LogP contribution in [0.3, 0.4) is 0 Å². The summed E-state index contributed by atoms with van der Waals surface area (Å²) < 4.78 is 0.917. The molecule has 0 heterocycles. The normalized spacial score (nSPS) is 10.2. The molecular weight excluding hydrogens is 314 g/mol. The number of hydrogen-bond acceptors (Lipinski definition) is 3. The lowest BCUT2D eigenvalue weighted by atomic mass is 10.2. The van der Waals surface area contributed by atoms with Gasteiger partial charge in [0.05, 0.1) is 12.8 Å². The van der Waals surface area contributed by atoms with Crippen molar-refractivity contribution in [1.82, 2.24) is 0 Å². The molecule has 19 heavy (non-hydrogen) atoms. The predicted molar refractivity (Wildman–Crippen MR) is 75.6 cm³/mol. The first-order chi connectivity index (χ1) is 8.90. The maximum absolute atomic E-state index is 10.6. The van der Waals surface area contributed by atoms with E-state index in [-0.39, 0.29) is 25.9 Å². The highest BCUT2D eigenvalue weighted by atomic mass is 79.9. The highest BCUT2D eigenvalue weighted by molar-refractivity contribution is 9.10. The standard InChI is InChI=1S/C13H16BrNO4/c1-9-2-3-10(8-11(9)14)15(6-4-12(16)17)7-5-13(18)19/h2-3,8H,4-7H2,1H3,(H,16,17)(H,18,19). The molecule has 0 bridgehead atoms. The van der Waals surface area contributed by atoms with Crippen LogP contribution in [0.2, 0.25) is 0 Å². The molecule has 0 aliphatic rings. The minimum absolute atomic E-state index is 0.0227. The topological polar surface area (TPSA) is 77.8 Å². The molecule has 0 spiro atoms. The SMILES string of the molecule is Cc1ccc(N(CCC(=O)O)CCC(=O)O)cc1Br. The Balaban J connectivity index is 2.83. The van der Waals surface area contributed by atoms with Gasteiger partial charge in [-0.1, -0.05) is 22.0 Å². The Morgan fingerprint density at radius 2 is 1.68 bits per heavy atom. The number of benzene rings is 1. The number of anilines is 1. The Morgan fingerprint density at radius 3 is 2.11 bits per heavy atom. The second kappa shape index (κ2) is 7.13. The van der Waals surface area contributed by atoms with E-state index in [1.54, 1.807) is 4.90 Å². The number of aliphatic carboxylic acids is 2. The Morgan fingerprint density at radius 1 is 1.16 bits per heavy atom. The second-order valence-corrected chi connectivity index (χ2v) is 5.06. The van der Waals surface area contributed by atoms with Crippen molar-refractivity contribution in [3.05, 3.63) is 28.2 Å². The maximum atomic E-state index is 10.6. The van der Waals surface area contributed by atoms with Crippen LogP contribution in [0.15, 0.2) is 22.7 Å². The van der Waals surface area contributed by atoms with E-state index in [9.17, 15) is 9.59 Å². The number of carbonyl (C=O) groups is 2. The van der Waals surface area contributed by atoms with Crippen molar-refractivity contribution in [3.63, 3.8) is 0 Å². The lowest BCUT2D eigenvalue weighted by Gasteiger charge is -2.24. The highest BCUT2D eigenvalue weighted by Gasteiger charge is 2.11. The lowest BCUT2D eigenvalue weighted by Crippen LogP contribution is -2.28. The monoisotopic (exact) mass is 329 g/mol. The average Bonchev–Trinajstić information content (AvgIpc) is 2.32. The van der Waals surface area contributed by atoms with E-state index in [0.29, 0.717) is 0 Å². The molecule has 0 radical (unpaired) electrons. The van der Waals surface area contributed by atoms with Gasteiger partial charge in [-0.2, -0.15) is 0 Å². The fourth-order valence-corrected chi connectivity index (χ4v) is 1.98. The third-order valence-electron chi connectivity index (χ3n) is 2.71. The first kappa shape index (κ1) is 15.5. The smallest absolute Gasteiger partial charge is 0.305 e. The fourth-order valence-electron chi connectivity index (χ4n) is 1.61. The summed E-state index contributed by atoms with van der Waals surface area (Å²) in [4.78, 5) is 23.1. The molecular formula is C13H16BrNO4. The minimum Gasteiger partial charge on any atom is -0.481 e. The highest BCUT2D eigenvalue weighted by Crippen LogP contribution is 2.24.